The highest BCUT2D eigenvalue weighted by Crippen LogP contribution is 2.19. The van der Waals surface area contributed by atoms with Crippen LogP contribution in [0.1, 0.15) is 0 Å². The molecule has 0 fully saturated rings. The van der Waals surface area contributed by atoms with Crippen LogP contribution in [-0.4, -0.2) is 20.7 Å². The van der Waals surface area contributed by atoms with Crippen LogP contribution in [0, 0.1) is 0 Å². The van der Waals surface area contributed by atoms with Gasteiger partial charge in [-0.1, -0.05) is 30.3 Å². The molecule has 3 aromatic rings. The molecule has 0 bridgehead atoms. The Hall–Kier alpha value is -3.06. The van der Waals surface area contributed by atoms with Crippen LogP contribution in [0.3, 0.4) is 0 Å². The van der Waals surface area contributed by atoms with Crippen molar-refractivity contribution in [1.29, 1.82) is 0 Å². The highest BCUT2D eigenvalue weighted by atomic mass is 32.2. The summed E-state index contributed by atoms with van der Waals surface area (Å²) in [6, 6.07) is 19.6. The molecule has 25 heavy (non-hydrogen) atoms. The molecule has 6 nitrogen and oxygen atoms in total. The Kier molecular flexibility index (Phi) is 4.58. The van der Waals surface area contributed by atoms with Crippen molar-refractivity contribution < 1.29 is 13.2 Å². The Labute approximate surface area is 145 Å². The number of urea groups is 1. The van der Waals surface area contributed by atoms with E-state index >= 15 is 0 Å². The summed E-state index contributed by atoms with van der Waals surface area (Å²) in [6.07, 6.45) is 1.08. The van der Waals surface area contributed by atoms with Gasteiger partial charge in [0.15, 0.2) is 0 Å². The molecule has 0 saturated carbocycles. The highest BCUT2D eigenvalue weighted by molar-refractivity contribution is 7.92. The Morgan fingerprint density at radius 1 is 0.760 bits per heavy atom. The van der Waals surface area contributed by atoms with E-state index in [1.165, 1.54) is 0 Å². The zero-order chi connectivity index (χ0) is 17.9. The number of nitrogens with one attached hydrogen (secondary N) is 3. The second-order valence-corrected chi connectivity index (χ2v) is 7.34. The predicted octanol–water partition coefficient (Wildman–Crippen LogP) is 3.86. The standard InChI is InChI=1S/C18H17N3O3S/c1-25(23,24)21-16-10-8-15(9-11-16)19-18(22)20-17-7-6-13-4-2-3-5-14(13)12-17/h2-12,21H,1H3,(H2,19,20,22). The Bertz CT molecular complexity index is 1020. The SMILES string of the molecule is CS(=O)(=O)Nc1ccc(NC(=O)Nc2ccc3ccccc3c2)cc1. The number of benzene rings is 3. The molecule has 7 heteroatoms. The van der Waals surface area contributed by atoms with Gasteiger partial charge in [-0.05, 0) is 47.2 Å². The minimum atomic E-state index is -3.32. The van der Waals surface area contributed by atoms with Gasteiger partial charge in [-0.15, -0.1) is 0 Å². The lowest BCUT2D eigenvalue weighted by molar-refractivity contribution is 0.262. The molecule has 2 amide bonds. The van der Waals surface area contributed by atoms with Crippen molar-refractivity contribution in [3.05, 3.63) is 66.7 Å². The molecule has 0 aromatic heterocycles. The third-order valence-electron chi connectivity index (χ3n) is 3.45. The lowest BCUT2D eigenvalue weighted by atomic mass is 10.1. The van der Waals surface area contributed by atoms with Crippen LogP contribution in [0.4, 0.5) is 21.9 Å². The van der Waals surface area contributed by atoms with Gasteiger partial charge in [0.05, 0.1) is 6.26 Å². The first-order valence-corrected chi connectivity index (χ1v) is 9.43. The monoisotopic (exact) mass is 355 g/mol. The predicted molar refractivity (Wildman–Crippen MR) is 101 cm³/mol. The number of sulfonamides is 1. The van der Waals surface area contributed by atoms with E-state index in [2.05, 4.69) is 15.4 Å². The van der Waals surface area contributed by atoms with Gasteiger partial charge in [0.2, 0.25) is 10.0 Å². The molecule has 0 aliphatic carbocycles. The molecular weight excluding hydrogens is 338 g/mol. The number of carbonyl (C=O) groups is 1. The maximum atomic E-state index is 12.1. The van der Waals surface area contributed by atoms with Crippen LogP contribution in [-0.2, 0) is 10.0 Å². The van der Waals surface area contributed by atoms with E-state index in [0.717, 1.165) is 17.0 Å². The van der Waals surface area contributed by atoms with Gasteiger partial charge in [-0.2, -0.15) is 0 Å². The molecule has 0 aliphatic rings. The summed E-state index contributed by atoms with van der Waals surface area (Å²) in [5.74, 6) is 0. The summed E-state index contributed by atoms with van der Waals surface area (Å²) in [6.45, 7) is 0. The molecule has 128 valence electrons. The van der Waals surface area contributed by atoms with Crippen LogP contribution in [0.5, 0.6) is 0 Å². The molecule has 0 atom stereocenters. The van der Waals surface area contributed by atoms with E-state index in [1.54, 1.807) is 24.3 Å². The molecule has 3 rings (SSSR count). The van der Waals surface area contributed by atoms with E-state index < -0.39 is 10.0 Å². The van der Waals surface area contributed by atoms with Crippen LogP contribution < -0.4 is 15.4 Å². The van der Waals surface area contributed by atoms with E-state index in [-0.39, 0.29) is 6.03 Å². The lowest BCUT2D eigenvalue weighted by Gasteiger charge is -2.09. The summed E-state index contributed by atoms with van der Waals surface area (Å²) in [5, 5.41) is 7.61. The fourth-order valence-corrected chi connectivity index (χ4v) is 2.96. The van der Waals surface area contributed by atoms with Crippen LogP contribution in [0.2, 0.25) is 0 Å². The van der Waals surface area contributed by atoms with Gasteiger partial charge in [0, 0.05) is 17.1 Å². The molecule has 0 unspecified atom stereocenters. The fourth-order valence-electron chi connectivity index (χ4n) is 2.40. The molecule has 0 heterocycles. The minimum Gasteiger partial charge on any atom is -0.308 e. The Balaban J connectivity index is 1.65. The topological polar surface area (TPSA) is 87.3 Å². The van der Waals surface area contributed by atoms with Crippen LogP contribution in [0.15, 0.2) is 66.7 Å². The van der Waals surface area contributed by atoms with Crippen molar-refractivity contribution in [1.82, 2.24) is 0 Å². The second-order valence-electron chi connectivity index (χ2n) is 5.59. The van der Waals surface area contributed by atoms with Gasteiger partial charge in [-0.3, -0.25) is 4.72 Å². The maximum absolute atomic E-state index is 12.1. The maximum Gasteiger partial charge on any atom is 0.323 e. The van der Waals surface area contributed by atoms with Crippen molar-refractivity contribution in [3.8, 4) is 0 Å². The largest absolute Gasteiger partial charge is 0.323 e. The van der Waals surface area contributed by atoms with E-state index in [0.29, 0.717) is 17.1 Å². The third kappa shape index (κ3) is 4.71. The van der Waals surface area contributed by atoms with E-state index in [9.17, 15) is 13.2 Å². The first kappa shape index (κ1) is 16.8. The number of hydrogen-bond acceptors (Lipinski definition) is 3. The zero-order valence-corrected chi connectivity index (χ0v) is 14.3. The molecule has 3 N–H and O–H groups in total. The Morgan fingerprint density at radius 3 is 2.00 bits per heavy atom. The van der Waals surface area contributed by atoms with Gasteiger partial charge < -0.3 is 10.6 Å². The molecule has 3 aromatic carbocycles. The second kappa shape index (κ2) is 6.82. The van der Waals surface area contributed by atoms with Gasteiger partial charge in [0.1, 0.15) is 0 Å². The Morgan fingerprint density at radius 2 is 1.32 bits per heavy atom. The van der Waals surface area contributed by atoms with Crippen molar-refractivity contribution in [3.63, 3.8) is 0 Å². The number of amides is 2. The third-order valence-corrected chi connectivity index (χ3v) is 4.06. The summed E-state index contributed by atoms with van der Waals surface area (Å²) in [7, 11) is -3.32. The molecule has 0 aliphatic heterocycles. The molecule has 0 spiro atoms. The zero-order valence-electron chi connectivity index (χ0n) is 13.5. The summed E-state index contributed by atoms with van der Waals surface area (Å²) >= 11 is 0. The van der Waals surface area contributed by atoms with Gasteiger partial charge in [0.25, 0.3) is 0 Å². The summed E-state index contributed by atoms with van der Waals surface area (Å²) < 4.78 is 24.7. The normalized spacial score (nSPS) is 11.1. The van der Waals surface area contributed by atoms with Crippen molar-refractivity contribution in [2.75, 3.05) is 21.6 Å². The fraction of sp³-hybridized carbons (Fsp3) is 0.0556. The number of anilines is 3. The number of fused-ring (bicyclic) bond motifs is 1. The van der Waals surface area contributed by atoms with Gasteiger partial charge >= 0.3 is 6.03 Å². The lowest BCUT2D eigenvalue weighted by Crippen LogP contribution is -2.19. The first-order valence-electron chi connectivity index (χ1n) is 7.54. The number of carbonyl (C=O) groups excluding carboxylic acids is 1. The average molecular weight is 355 g/mol. The van der Waals surface area contributed by atoms with E-state index in [4.69, 9.17) is 0 Å². The summed E-state index contributed by atoms with van der Waals surface area (Å²) in [5.41, 5.74) is 1.67. The van der Waals surface area contributed by atoms with Gasteiger partial charge in [-0.25, -0.2) is 13.2 Å². The molecule has 0 radical (unpaired) electrons. The highest BCUT2D eigenvalue weighted by Gasteiger charge is 2.05. The quantitative estimate of drug-likeness (QED) is 0.664. The summed E-state index contributed by atoms with van der Waals surface area (Å²) in [4.78, 5) is 12.1. The van der Waals surface area contributed by atoms with Crippen molar-refractivity contribution in [2.24, 2.45) is 0 Å². The number of rotatable bonds is 4. The van der Waals surface area contributed by atoms with Crippen LogP contribution >= 0.6 is 0 Å². The molecular formula is C18H17N3O3S. The average Bonchev–Trinajstić information content (AvgIpc) is 2.55. The minimum absolute atomic E-state index is 0.376. The number of hydrogen-bond donors (Lipinski definition) is 3. The first-order chi connectivity index (χ1) is 11.9. The van der Waals surface area contributed by atoms with Crippen molar-refractivity contribution in [2.45, 2.75) is 0 Å². The van der Waals surface area contributed by atoms with Crippen LogP contribution in [0.25, 0.3) is 10.8 Å². The smallest absolute Gasteiger partial charge is 0.308 e. The van der Waals surface area contributed by atoms with E-state index in [1.807, 2.05) is 42.5 Å². The molecule has 0 saturated heterocycles. The van der Waals surface area contributed by atoms with Crippen molar-refractivity contribution >= 4 is 43.9 Å².